The van der Waals surface area contributed by atoms with Gasteiger partial charge in [0.2, 0.25) is 5.88 Å². The summed E-state index contributed by atoms with van der Waals surface area (Å²) in [7, 11) is -0.829. The number of pyridine rings is 1. The summed E-state index contributed by atoms with van der Waals surface area (Å²) in [5.41, 5.74) is -4.22. The Morgan fingerprint density at radius 1 is 1.20 bits per heavy atom. The van der Waals surface area contributed by atoms with E-state index in [0.717, 1.165) is 40.7 Å². The van der Waals surface area contributed by atoms with Crippen LogP contribution in [-0.2, 0) is 24.1 Å². The number of alkyl halides is 3. The lowest BCUT2D eigenvalue weighted by Crippen LogP contribution is -2.56. The maximum Gasteiger partial charge on any atom is 0.501 e. The Morgan fingerprint density at radius 2 is 1.90 bits per heavy atom. The topological polar surface area (TPSA) is 137 Å². The molecule has 1 fully saturated rings. The fraction of sp³-hybridized carbons (Fsp3) is 0.412. The van der Waals surface area contributed by atoms with Gasteiger partial charge < -0.3 is 24.4 Å². The highest BCUT2D eigenvalue weighted by atomic mass is 32.2. The zero-order valence-corrected chi connectivity index (χ0v) is 30.5. The summed E-state index contributed by atoms with van der Waals surface area (Å²) in [4.78, 5) is 34.9. The number of aryl methyl sites for hydroxylation is 1. The minimum absolute atomic E-state index is 0.0719. The van der Waals surface area contributed by atoms with Gasteiger partial charge in [0.1, 0.15) is 5.76 Å². The molecule has 3 aromatic rings. The number of nitrogens with zero attached hydrogens (tertiary/aromatic N) is 3. The molecule has 0 aliphatic carbocycles. The predicted molar refractivity (Wildman–Crippen MR) is 186 cm³/mol. The fourth-order valence-electron chi connectivity index (χ4n) is 5.20. The molecule has 4 rings (SSSR count). The molecular formula is C34H41F3N4O7S2. The number of thiazole rings is 1. The van der Waals surface area contributed by atoms with E-state index in [4.69, 9.17) is 14.2 Å². The lowest BCUT2D eigenvalue weighted by molar-refractivity contribution is -0.114. The molecule has 1 aliphatic heterocycles. The van der Waals surface area contributed by atoms with Gasteiger partial charge in [-0.2, -0.15) is 13.2 Å². The number of Topliss-reactive ketones (excluding diaryl/α,β-unsaturated/α-hetero) is 1. The minimum atomic E-state index is -5.50. The first kappa shape index (κ1) is 40.2. The normalized spacial score (nSPS) is 16.8. The molecule has 11 nitrogen and oxygen atoms in total. The Labute approximate surface area is 293 Å². The van der Waals surface area contributed by atoms with Crippen LogP contribution < -0.4 is 24.8 Å². The molecule has 2 atom stereocenters. The molecule has 1 amide bonds. The summed E-state index contributed by atoms with van der Waals surface area (Å²) < 4.78 is 77.2. The second-order valence-electron chi connectivity index (χ2n) is 11.3. The van der Waals surface area contributed by atoms with E-state index in [2.05, 4.69) is 33.7 Å². The van der Waals surface area contributed by atoms with Gasteiger partial charge in [0, 0.05) is 43.1 Å². The molecule has 3 heterocycles. The molecule has 2 aromatic heterocycles. The third-order valence-electron chi connectivity index (χ3n) is 7.70. The average Bonchev–Trinajstić information content (AvgIpc) is 3.42. The van der Waals surface area contributed by atoms with E-state index in [1.807, 2.05) is 19.9 Å². The number of carbonyl (C=O) groups is 2. The Morgan fingerprint density at radius 3 is 2.46 bits per heavy atom. The summed E-state index contributed by atoms with van der Waals surface area (Å²) in [6, 6.07) is 6.04. The second-order valence-corrected chi connectivity index (χ2v) is 14.2. The van der Waals surface area contributed by atoms with Crippen molar-refractivity contribution in [2.45, 2.75) is 69.4 Å². The summed E-state index contributed by atoms with van der Waals surface area (Å²) in [5.74, 6) is 0.204. The smallest absolute Gasteiger partial charge is 0.496 e. The van der Waals surface area contributed by atoms with Crippen molar-refractivity contribution in [3.8, 4) is 5.88 Å². The second kappa shape index (κ2) is 17.1. The molecule has 1 aliphatic rings. The van der Waals surface area contributed by atoms with E-state index >= 15 is 0 Å². The molecule has 0 radical (unpaired) electrons. The van der Waals surface area contributed by atoms with Crippen molar-refractivity contribution >= 4 is 55.8 Å². The Bertz CT molecular complexity index is 1940. The van der Waals surface area contributed by atoms with Gasteiger partial charge in [0.15, 0.2) is 10.9 Å². The number of aromatic nitrogens is 2. The van der Waals surface area contributed by atoms with E-state index < -0.39 is 26.1 Å². The van der Waals surface area contributed by atoms with Crippen LogP contribution in [0.1, 0.15) is 56.0 Å². The Hall–Kier alpha value is -4.28. The number of allylic oxidation sites excluding steroid dienone is 2. The maximum absolute atomic E-state index is 12.7. The zero-order chi connectivity index (χ0) is 37.4. The van der Waals surface area contributed by atoms with E-state index in [9.17, 15) is 31.2 Å². The molecule has 50 heavy (non-hydrogen) atoms. The summed E-state index contributed by atoms with van der Waals surface area (Å²) in [6.07, 6.45) is 5.58. The number of amides is 1. The molecule has 0 bridgehead atoms. The largest absolute Gasteiger partial charge is 0.501 e. The first-order chi connectivity index (χ1) is 23.5. The van der Waals surface area contributed by atoms with Gasteiger partial charge >= 0.3 is 5.51 Å². The van der Waals surface area contributed by atoms with Crippen LogP contribution in [0, 0.1) is 6.92 Å². The third-order valence-corrected chi connectivity index (χ3v) is 10.3. The number of carbonyl (C=O) groups excluding carboxylic acids is 2. The first-order valence-corrected chi connectivity index (χ1v) is 17.8. The van der Waals surface area contributed by atoms with Gasteiger partial charge in [0.05, 0.1) is 47.2 Å². The summed E-state index contributed by atoms with van der Waals surface area (Å²) >= 11 is 1.52. The number of nitrogens with one attached hydrogen (secondary N) is 1. The van der Waals surface area contributed by atoms with Gasteiger partial charge in [-0.05, 0) is 63.5 Å². The van der Waals surface area contributed by atoms with Gasteiger partial charge in [-0.3, -0.25) is 9.59 Å². The monoisotopic (exact) mass is 738 g/mol. The number of rotatable bonds is 12. The number of hydrogen-bond donors (Lipinski definition) is 1. The molecule has 0 saturated carbocycles. The highest BCUT2D eigenvalue weighted by molar-refractivity contribution is 7.92. The fourth-order valence-corrected chi connectivity index (χ4v) is 7.26. The SMILES string of the molecule is C=c1nc(N2C(C)CC2COC)s/c1=C(C(=O)CCC)/C(=C\C)OC.COc1cc(C(=O)Nc2cccc(S(=O)(=O)C(F)(F)F)c2)c(C)cn1. The average molecular weight is 739 g/mol. The van der Waals surface area contributed by atoms with Crippen LogP contribution in [0.15, 0.2) is 53.3 Å². The highest BCUT2D eigenvalue weighted by Gasteiger charge is 2.47. The number of methoxy groups -OCH3 is 3. The lowest BCUT2D eigenvalue weighted by atomic mass is 9.96. The van der Waals surface area contributed by atoms with Crippen LogP contribution in [0.2, 0.25) is 0 Å². The van der Waals surface area contributed by atoms with Crippen molar-refractivity contribution < 1.29 is 45.4 Å². The Balaban J connectivity index is 0.000000270. The standard InChI is InChI=1S/C19H28N2O3S.C15H13F3N2O4S/c1-7-9-15(22)17(16(8-2)24-6)18-13(4)20-19(25-18)21-12(3)10-14(21)11-23-5;1-9-8-19-13(24-2)7-12(9)14(21)20-10-4-3-5-11(6-10)25(22,23)15(16,17)18/h8,12,14H,4,7,9-11H2,1-3,5-6H3;3-8H,1-2H3,(H,20,21)/b16-8+,18-17+;. The van der Waals surface area contributed by atoms with Crippen LogP contribution in [-0.4, -0.2) is 75.6 Å². The van der Waals surface area contributed by atoms with Gasteiger partial charge in [-0.15, -0.1) is 0 Å². The molecule has 0 spiro atoms. The van der Waals surface area contributed by atoms with Crippen molar-refractivity contribution in [1.29, 1.82) is 0 Å². The number of ketones is 1. The van der Waals surface area contributed by atoms with Crippen LogP contribution in [0.4, 0.5) is 24.0 Å². The first-order valence-electron chi connectivity index (χ1n) is 15.5. The number of sulfone groups is 1. The van der Waals surface area contributed by atoms with Crippen molar-refractivity contribution in [2.75, 3.05) is 38.2 Å². The zero-order valence-electron chi connectivity index (χ0n) is 28.9. The molecule has 1 N–H and O–H groups in total. The molecule has 272 valence electrons. The van der Waals surface area contributed by atoms with Gasteiger partial charge in [-0.1, -0.05) is 30.9 Å². The number of ether oxygens (including phenoxy) is 3. The van der Waals surface area contributed by atoms with E-state index in [-0.39, 0.29) is 22.9 Å². The van der Waals surface area contributed by atoms with Crippen molar-refractivity contribution in [3.63, 3.8) is 0 Å². The molecule has 1 aromatic carbocycles. The van der Waals surface area contributed by atoms with Crippen LogP contribution in [0.5, 0.6) is 5.88 Å². The van der Waals surface area contributed by atoms with E-state index in [1.165, 1.54) is 36.8 Å². The van der Waals surface area contributed by atoms with E-state index in [0.29, 0.717) is 47.4 Å². The quantitative estimate of drug-likeness (QED) is 0.248. The number of halogens is 3. The molecule has 16 heteroatoms. The summed E-state index contributed by atoms with van der Waals surface area (Å²) in [5, 5.41) is 3.89. The predicted octanol–water partition coefficient (Wildman–Crippen LogP) is 5.18. The van der Waals surface area contributed by atoms with Crippen LogP contribution in [0.3, 0.4) is 0 Å². The van der Waals surface area contributed by atoms with E-state index in [1.54, 1.807) is 21.1 Å². The number of benzene rings is 1. The van der Waals surface area contributed by atoms with Gasteiger partial charge in [-0.25, -0.2) is 18.4 Å². The van der Waals surface area contributed by atoms with Crippen molar-refractivity contribution in [2.24, 2.45) is 0 Å². The maximum atomic E-state index is 12.7. The number of anilines is 2. The molecule has 2 unspecified atom stereocenters. The highest BCUT2D eigenvalue weighted by Crippen LogP contribution is 2.33. The summed E-state index contributed by atoms with van der Waals surface area (Å²) in [6.45, 7) is 12.4. The van der Waals surface area contributed by atoms with Crippen LogP contribution in [0.25, 0.3) is 12.2 Å². The number of hydrogen-bond acceptors (Lipinski definition) is 11. The van der Waals surface area contributed by atoms with Crippen LogP contribution >= 0.6 is 11.3 Å². The molecule has 1 saturated heterocycles. The van der Waals surface area contributed by atoms with Crippen molar-refractivity contribution in [3.05, 3.63) is 69.4 Å². The Kier molecular flexibility index (Phi) is 13.7. The minimum Gasteiger partial charge on any atom is -0.496 e. The molecular weight excluding hydrogens is 698 g/mol. The van der Waals surface area contributed by atoms with Gasteiger partial charge in [0.25, 0.3) is 15.7 Å². The third kappa shape index (κ3) is 9.08. The van der Waals surface area contributed by atoms with Crippen molar-refractivity contribution in [1.82, 2.24) is 9.97 Å². The lowest BCUT2D eigenvalue weighted by Gasteiger charge is -2.46.